The maximum Gasteiger partial charge on any atom is 0.300 e. The van der Waals surface area contributed by atoms with E-state index in [0.717, 1.165) is 5.56 Å². The zero-order valence-electron chi connectivity index (χ0n) is 11.7. The molecule has 0 amide bonds. The Morgan fingerprint density at radius 2 is 1.89 bits per heavy atom. The second-order valence-corrected chi connectivity index (χ2v) is 6.02. The Morgan fingerprint density at radius 3 is 2.47 bits per heavy atom. The van der Waals surface area contributed by atoms with Crippen molar-refractivity contribution in [2.45, 2.75) is 38.2 Å². The molecule has 4 heteroatoms. The average molecular weight is 269 g/mol. The van der Waals surface area contributed by atoms with Gasteiger partial charge >= 0.3 is 0 Å². The van der Waals surface area contributed by atoms with Gasteiger partial charge in [0.1, 0.15) is 6.10 Å². The van der Waals surface area contributed by atoms with Crippen molar-refractivity contribution in [1.29, 1.82) is 0 Å². The average Bonchev–Trinajstić information content (AvgIpc) is 2.39. The van der Waals surface area contributed by atoms with Gasteiger partial charge in [0.05, 0.1) is 6.61 Å². The van der Waals surface area contributed by atoms with Crippen LogP contribution in [0.15, 0.2) is 24.3 Å². The Morgan fingerprint density at radius 1 is 1.21 bits per heavy atom. The van der Waals surface area contributed by atoms with E-state index in [2.05, 4.69) is 5.32 Å². The quantitative estimate of drug-likeness (QED) is 0.891. The molecule has 1 saturated heterocycles. The first-order valence-electron chi connectivity index (χ1n) is 6.63. The van der Waals surface area contributed by atoms with Crippen LogP contribution in [0.1, 0.15) is 31.9 Å². The molecule has 1 heterocycles. The van der Waals surface area contributed by atoms with Gasteiger partial charge in [-0.05, 0) is 17.0 Å². The van der Waals surface area contributed by atoms with Crippen molar-refractivity contribution in [3.8, 4) is 0 Å². The maximum absolute atomic E-state index is 14.4. The third kappa shape index (κ3) is 3.12. The molecule has 1 N–H and O–H groups in total. The summed E-state index contributed by atoms with van der Waals surface area (Å²) in [7, 11) is 0. The normalized spacial score (nSPS) is 21.4. The number of hydrogen-bond acceptors (Lipinski definition) is 2. The van der Waals surface area contributed by atoms with E-state index in [1.54, 1.807) is 12.1 Å². The first-order valence-corrected chi connectivity index (χ1v) is 6.63. The van der Waals surface area contributed by atoms with E-state index in [1.807, 2.05) is 26.8 Å². The van der Waals surface area contributed by atoms with Gasteiger partial charge in [-0.2, -0.15) is 8.78 Å². The Hall–Kier alpha value is -1.00. The lowest BCUT2D eigenvalue weighted by Crippen LogP contribution is -2.47. The first-order chi connectivity index (χ1) is 8.82. The van der Waals surface area contributed by atoms with E-state index in [-0.39, 0.29) is 17.5 Å². The largest absolute Gasteiger partial charge is 0.369 e. The predicted octanol–water partition coefficient (Wildman–Crippen LogP) is 3.06. The van der Waals surface area contributed by atoms with E-state index in [1.165, 1.54) is 6.07 Å². The molecule has 1 aromatic carbocycles. The molecular weight excluding hydrogens is 248 g/mol. The van der Waals surface area contributed by atoms with Crippen molar-refractivity contribution in [3.05, 3.63) is 35.4 Å². The van der Waals surface area contributed by atoms with Crippen LogP contribution in [0.3, 0.4) is 0 Å². The molecule has 0 spiro atoms. The zero-order chi connectivity index (χ0) is 14.1. The maximum atomic E-state index is 14.4. The van der Waals surface area contributed by atoms with Crippen molar-refractivity contribution in [2.24, 2.45) is 0 Å². The summed E-state index contributed by atoms with van der Waals surface area (Å²) in [5.41, 5.74) is 0.805. The van der Waals surface area contributed by atoms with Gasteiger partial charge in [0, 0.05) is 18.7 Å². The molecule has 1 aliphatic heterocycles. The van der Waals surface area contributed by atoms with Crippen molar-refractivity contribution in [3.63, 3.8) is 0 Å². The third-order valence-electron chi connectivity index (χ3n) is 3.45. The lowest BCUT2D eigenvalue weighted by atomic mass is 9.85. The molecule has 106 valence electrons. The number of halogens is 2. The van der Waals surface area contributed by atoms with Crippen LogP contribution in [-0.4, -0.2) is 25.8 Å². The van der Waals surface area contributed by atoms with E-state index in [4.69, 9.17) is 4.74 Å². The molecule has 0 bridgehead atoms. The van der Waals surface area contributed by atoms with Crippen molar-refractivity contribution >= 4 is 0 Å². The Bertz CT molecular complexity index is 434. The lowest BCUT2D eigenvalue weighted by molar-refractivity contribution is -0.151. The lowest BCUT2D eigenvalue weighted by Gasteiger charge is -2.31. The Labute approximate surface area is 113 Å². The van der Waals surface area contributed by atoms with Gasteiger partial charge in [0.15, 0.2) is 0 Å². The van der Waals surface area contributed by atoms with Gasteiger partial charge in [0.2, 0.25) is 0 Å². The fourth-order valence-corrected chi connectivity index (χ4v) is 2.18. The molecule has 0 aliphatic carbocycles. The van der Waals surface area contributed by atoms with Crippen LogP contribution in [-0.2, 0) is 16.1 Å². The van der Waals surface area contributed by atoms with Crippen LogP contribution in [0.2, 0.25) is 0 Å². The summed E-state index contributed by atoms with van der Waals surface area (Å²) < 4.78 is 34.1. The van der Waals surface area contributed by atoms with Gasteiger partial charge in [-0.15, -0.1) is 0 Å². The van der Waals surface area contributed by atoms with Crippen LogP contribution in [0.5, 0.6) is 0 Å². The summed E-state index contributed by atoms with van der Waals surface area (Å²) in [5.74, 6) is -2.96. The standard InChI is InChI=1S/C15H21F2NO/c1-14(2,3)11-5-4-6-12(9-11)15(16,17)13-10-18-7-8-19-13/h4-6,9,13,18H,7-8,10H2,1-3H3. The number of nitrogens with one attached hydrogen (secondary N) is 1. The monoisotopic (exact) mass is 269 g/mol. The summed E-state index contributed by atoms with van der Waals surface area (Å²) in [6.07, 6.45) is -1.09. The third-order valence-corrected chi connectivity index (χ3v) is 3.45. The van der Waals surface area contributed by atoms with Crippen molar-refractivity contribution in [1.82, 2.24) is 5.32 Å². The minimum Gasteiger partial charge on any atom is -0.369 e. The first kappa shape index (κ1) is 14.4. The fraction of sp³-hybridized carbons (Fsp3) is 0.600. The highest BCUT2D eigenvalue weighted by molar-refractivity contribution is 5.32. The van der Waals surface area contributed by atoms with Crippen LogP contribution in [0.4, 0.5) is 8.78 Å². The molecule has 2 rings (SSSR count). The molecule has 1 fully saturated rings. The molecule has 0 radical (unpaired) electrons. The summed E-state index contributed by atoms with van der Waals surface area (Å²) in [4.78, 5) is 0. The number of ether oxygens (including phenoxy) is 1. The molecule has 1 atom stereocenters. The van der Waals surface area contributed by atoms with E-state index in [9.17, 15) is 8.78 Å². The highest BCUT2D eigenvalue weighted by Gasteiger charge is 2.43. The van der Waals surface area contributed by atoms with Crippen LogP contribution < -0.4 is 5.32 Å². The van der Waals surface area contributed by atoms with Gasteiger partial charge in [-0.3, -0.25) is 0 Å². The number of alkyl halides is 2. The number of morpholine rings is 1. The van der Waals surface area contributed by atoms with Gasteiger partial charge < -0.3 is 10.1 Å². The molecule has 0 saturated carbocycles. The zero-order valence-corrected chi connectivity index (χ0v) is 11.7. The topological polar surface area (TPSA) is 21.3 Å². The van der Waals surface area contributed by atoms with Crippen LogP contribution in [0.25, 0.3) is 0 Å². The molecular formula is C15H21F2NO. The van der Waals surface area contributed by atoms with E-state index in [0.29, 0.717) is 13.2 Å². The van der Waals surface area contributed by atoms with Gasteiger partial charge in [0.25, 0.3) is 5.92 Å². The number of benzene rings is 1. The number of hydrogen-bond donors (Lipinski definition) is 1. The fourth-order valence-electron chi connectivity index (χ4n) is 2.18. The summed E-state index contributed by atoms with van der Waals surface area (Å²) >= 11 is 0. The molecule has 0 aromatic heterocycles. The van der Waals surface area contributed by atoms with Gasteiger partial charge in [-0.25, -0.2) is 0 Å². The molecule has 1 aromatic rings. The van der Waals surface area contributed by atoms with Gasteiger partial charge in [-0.1, -0.05) is 39.0 Å². The smallest absolute Gasteiger partial charge is 0.300 e. The summed E-state index contributed by atoms with van der Waals surface area (Å²) in [5, 5.41) is 2.95. The number of rotatable bonds is 2. The minimum atomic E-state index is -2.96. The van der Waals surface area contributed by atoms with Crippen LogP contribution >= 0.6 is 0 Å². The second-order valence-electron chi connectivity index (χ2n) is 6.02. The highest BCUT2D eigenvalue weighted by atomic mass is 19.3. The molecule has 19 heavy (non-hydrogen) atoms. The minimum absolute atomic E-state index is 0.0358. The highest BCUT2D eigenvalue weighted by Crippen LogP contribution is 2.36. The summed E-state index contributed by atoms with van der Waals surface area (Å²) in [6, 6.07) is 6.66. The SMILES string of the molecule is CC(C)(C)c1cccc(C(F)(F)C2CNCCO2)c1. The van der Waals surface area contributed by atoms with E-state index < -0.39 is 12.0 Å². The molecule has 1 aliphatic rings. The second kappa shape index (κ2) is 5.17. The van der Waals surface area contributed by atoms with Crippen molar-refractivity contribution in [2.75, 3.05) is 19.7 Å². The van der Waals surface area contributed by atoms with Crippen LogP contribution in [0, 0.1) is 0 Å². The van der Waals surface area contributed by atoms with Crippen molar-refractivity contribution < 1.29 is 13.5 Å². The molecule has 1 unspecified atom stereocenters. The Kier molecular flexibility index (Phi) is 3.92. The summed E-state index contributed by atoms with van der Waals surface area (Å²) in [6.45, 7) is 7.20. The predicted molar refractivity (Wildman–Crippen MR) is 71.6 cm³/mol. The van der Waals surface area contributed by atoms with E-state index >= 15 is 0 Å². The molecule has 2 nitrogen and oxygen atoms in total. The Balaban J connectivity index is 2.29.